The molecule has 0 radical (unpaired) electrons. The maximum atomic E-state index is 15.2. The average molecular weight is 634 g/mol. The summed E-state index contributed by atoms with van der Waals surface area (Å²) in [5.74, 6) is -1.37. The molecule has 1 saturated carbocycles. The molecule has 3 aromatic rings. The number of nitrogens with zero attached hydrogens (tertiary/aromatic N) is 3. The number of benzene rings is 1. The highest BCUT2D eigenvalue weighted by Gasteiger charge is 2.34. The van der Waals surface area contributed by atoms with E-state index in [4.69, 9.17) is 27.3 Å². The Hall–Kier alpha value is -3.33. The number of alkyl halides is 1. The zero-order valence-corrected chi connectivity index (χ0v) is 25.7. The van der Waals surface area contributed by atoms with E-state index in [1.54, 1.807) is 0 Å². The predicted octanol–water partition coefficient (Wildman–Crippen LogP) is 7.79. The van der Waals surface area contributed by atoms with E-state index in [-0.39, 0.29) is 48.9 Å². The van der Waals surface area contributed by atoms with E-state index < -0.39 is 23.5 Å². The van der Waals surface area contributed by atoms with Gasteiger partial charge in [-0.05, 0) is 69.7 Å². The van der Waals surface area contributed by atoms with E-state index in [9.17, 15) is 13.6 Å². The molecule has 2 aliphatic heterocycles. The molecule has 0 amide bonds. The Morgan fingerprint density at radius 3 is 2.70 bits per heavy atom. The van der Waals surface area contributed by atoms with Gasteiger partial charge in [-0.3, -0.25) is 4.90 Å². The van der Waals surface area contributed by atoms with Crippen molar-refractivity contribution in [2.45, 2.75) is 77.1 Å². The van der Waals surface area contributed by atoms with Crippen molar-refractivity contribution in [3.8, 4) is 11.9 Å². The van der Waals surface area contributed by atoms with Crippen molar-refractivity contribution in [1.29, 1.82) is 5.26 Å². The monoisotopic (exact) mass is 633 g/mol. The van der Waals surface area contributed by atoms with Crippen molar-refractivity contribution in [3.05, 3.63) is 61.6 Å². The van der Waals surface area contributed by atoms with Crippen molar-refractivity contribution in [2.24, 2.45) is 0 Å². The van der Waals surface area contributed by atoms with Crippen molar-refractivity contribution in [1.82, 2.24) is 14.9 Å². The predicted molar refractivity (Wildman–Crippen MR) is 167 cm³/mol. The number of nitrogens with one attached hydrogen (secondary N) is 1. The van der Waals surface area contributed by atoms with E-state index >= 15 is 4.39 Å². The van der Waals surface area contributed by atoms with Crippen molar-refractivity contribution in [3.63, 3.8) is 0 Å². The number of halogens is 4. The van der Waals surface area contributed by atoms with Crippen LogP contribution in [0.5, 0.6) is 5.88 Å². The molecule has 3 aliphatic rings. The van der Waals surface area contributed by atoms with Crippen LogP contribution in [-0.4, -0.2) is 46.3 Å². The standard InChI is InChI=1S/C22H17ClF2N4O2S.C7H12FN.C2H6/c23-15-9-14-19(28-22(30)29-21(14)31-12-4-1-2-5-12)18(25)13(15)6-3-7-16(24)17-8-11(10-26)20(27)32-17;8-6-4-7-2-1-3-9(7)5-6;1-2/h3,6-9,12H,1-2,4-5,27H2,(H,28,29,30);6-7H,1-5H2;1-2H3/b6-3+,16-7+;;/t;6-,7?;/m.1./s1. The summed E-state index contributed by atoms with van der Waals surface area (Å²) in [6.45, 7) is 5.86. The van der Waals surface area contributed by atoms with Crippen molar-refractivity contribution in [2.75, 3.05) is 18.8 Å². The van der Waals surface area contributed by atoms with Gasteiger partial charge in [-0.15, -0.1) is 11.3 Å². The highest BCUT2D eigenvalue weighted by molar-refractivity contribution is 7.17. The van der Waals surface area contributed by atoms with Crippen molar-refractivity contribution >= 4 is 50.7 Å². The summed E-state index contributed by atoms with van der Waals surface area (Å²) < 4.78 is 48.0. The molecule has 4 heterocycles. The molecule has 12 heteroatoms. The number of nitrogen functional groups attached to an aromatic ring is 1. The number of hydrogen-bond donors (Lipinski definition) is 2. The molecular formula is C31H35ClF3N5O2S. The molecule has 43 heavy (non-hydrogen) atoms. The molecule has 0 spiro atoms. The van der Waals surface area contributed by atoms with Gasteiger partial charge in [-0.2, -0.15) is 10.2 Å². The van der Waals surface area contributed by atoms with Crippen LogP contribution in [0.4, 0.5) is 18.2 Å². The number of ether oxygens (including phenoxy) is 1. The lowest BCUT2D eigenvalue weighted by Gasteiger charge is -2.14. The number of nitrogens with two attached hydrogens (primary N) is 1. The summed E-state index contributed by atoms with van der Waals surface area (Å²) in [7, 11) is 0. The highest BCUT2D eigenvalue weighted by Crippen LogP contribution is 2.34. The van der Waals surface area contributed by atoms with Gasteiger partial charge in [0.1, 0.15) is 29.2 Å². The van der Waals surface area contributed by atoms with Crippen LogP contribution in [0, 0.1) is 17.1 Å². The molecule has 3 fully saturated rings. The zero-order valence-electron chi connectivity index (χ0n) is 24.1. The number of aromatic amines is 1. The molecule has 6 rings (SSSR count). The molecule has 3 N–H and O–H groups in total. The van der Waals surface area contributed by atoms with Crippen molar-refractivity contribution < 1.29 is 17.9 Å². The van der Waals surface area contributed by atoms with Crippen LogP contribution in [0.15, 0.2) is 29.1 Å². The minimum absolute atomic E-state index is 0.0275. The summed E-state index contributed by atoms with van der Waals surface area (Å²) in [5.41, 5.74) is 4.99. The van der Waals surface area contributed by atoms with Crippen LogP contribution in [0.3, 0.4) is 0 Å². The fraction of sp³-hybridized carbons (Fsp3) is 0.452. The van der Waals surface area contributed by atoms with Gasteiger partial charge in [0.15, 0.2) is 5.82 Å². The number of thiophene rings is 1. The Kier molecular flexibility index (Phi) is 11.3. The second-order valence-electron chi connectivity index (χ2n) is 10.4. The Morgan fingerprint density at radius 2 is 2.02 bits per heavy atom. The maximum Gasteiger partial charge on any atom is 0.348 e. The van der Waals surface area contributed by atoms with Gasteiger partial charge in [-0.1, -0.05) is 37.6 Å². The second kappa shape index (κ2) is 14.9. The third kappa shape index (κ3) is 7.80. The van der Waals surface area contributed by atoms with Gasteiger partial charge >= 0.3 is 5.69 Å². The first-order valence-electron chi connectivity index (χ1n) is 14.5. The number of H-pyrrole nitrogens is 1. The molecular weight excluding hydrogens is 599 g/mol. The minimum Gasteiger partial charge on any atom is -0.474 e. The number of hydrogen-bond acceptors (Lipinski definition) is 7. The summed E-state index contributed by atoms with van der Waals surface area (Å²) in [6, 6.07) is 5.29. The molecule has 1 aromatic carbocycles. The first-order valence-corrected chi connectivity index (χ1v) is 15.7. The third-order valence-electron chi connectivity index (χ3n) is 7.58. The Balaban J connectivity index is 0.000000322. The Bertz CT molecular complexity index is 1580. The highest BCUT2D eigenvalue weighted by atomic mass is 35.5. The topological polar surface area (TPSA) is 108 Å². The number of aromatic nitrogens is 2. The lowest BCUT2D eigenvalue weighted by atomic mass is 10.1. The van der Waals surface area contributed by atoms with Crippen LogP contribution >= 0.6 is 22.9 Å². The minimum atomic E-state index is -0.777. The summed E-state index contributed by atoms with van der Waals surface area (Å²) in [5, 5.41) is 9.46. The lowest BCUT2D eigenvalue weighted by Crippen LogP contribution is -2.22. The molecule has 2 saturated heterocycles. The number of fused-ring (bicyclic) bond motifs is 2. The van der Waals surface area contributed by atoms with Crippen LogP contribution in [0.1, 0.15) is 74.8 Å². The van der Waals surface area contributed by atoms with Gasteiger partial charge in [0.25, 0.3) is 0 Å². The quantitative estimate of drug-likeness (QED) is 0.278. The third-order valence-corrected chi connectivity index (χ3v) is 8.87. The van der Waals surface area contributed by atoms with Gasteiger partial charge in [-0.25, -0.2) is 18.0 Å². The second-order valence-corrected chi connectivity index (χ2v) is 11.9. The van der Waals surface area contributed by atoms with Crippen LogP contribution < -0.4 is 16.2 Å². The Morgan fingerprint density at radius 1 is 1.28 bits per heavy atom. The van der Waals surface area contributed by atoms with Crippen LogP contribution in [0.2, 0.25) is 5.02 Å². The largest absolute Gasteiger partial charge is 0.474 e. The molecule has 0 bridgehead atoms. The lowest BCUT2D eigenvalue weighted by molar-refractivity contribution is 0.203. The number of nitriles is 1. The first kappa shape index (κ1) is 32.6. The van der Waals surface area contributed by atoms with E-state index in [1.165, 1.54) is 37.1 Å². The molecule has 2 atom stereocenters. The van der Waals surface area contributed by atoms with E-state index in [2.05, 4.69) is 14.9 Å². The fourth-order valence-corrected chi connectivity index (χ4v) is 6.62. The smallest absolute Gasteiger partial charge is 0.348 e. The summed E-state index contributed by atoms with van der Waals surface area (Å²) in [6.07, 6.45) is 10.1. The molecule has 1 aliphatic carbocycles. The van der Waals surface area contributed by atoms with E-state index in [0.717, 1.165) is 56.1 Å². The van der Waals surface area contributed by atoms with Gasteiger partial charge < -0.3 is 15.5 Å². The molecule has 230 valence electrons. The number of anilines is 1. The van der Waals surface area contributed by atoms with Crippen LogP contribution in [0.25, 0.3) is 22.8 Å². The summed E-state index contributed by atoms with van der Waals surface area (Å²) in [4.78, 5) is 20.7. The molecule has 7 nitrogen and oxygen atoms in total. The fourth-order valence-electron chi connectivity index (χ4n) is 5.57. The first-order chi connectivity index (χ1) is 20.7. The molecule has 2 aromatic heterocycles. The van der Waals surface area contributed by atoms with Gasteiger partial charge in [0.2, 0.25) is 5.88 Å². The number of allylic oxidation sites excluding steroid dienone is 2. The van der Waals surface area contributed by atoms with Crippen LogP contribution in [-0.2, 0) is 0 Å². The van der Waals surface area contributed by atoms with Gasteiger partial charge in [0, 0.05) is 18.2 Å². The van der Waals surface area contributed by atoms with Gasteiger partial charge in [0.05, 0.1) is 26.4 Å². The Labute approximate surface area is 257 Å². The SMILES string of the molecule is CC.F[C@@H]1CC2CCCN2C1.N#Cc1cc(/C(F)=C\C=C\c2c(Cl)cc3c(OC4CCCC4)nc(=O)[nH]c3c2F)sc1N. The zero-order chi connectivity index (χ0) is 31.1. The maximum absolute atomic E-state index is 15.2. The number of rotatable bonds is 5. The normalized spacial score (nSPS) is 20.4. The average Bonchev–Trinajstić information content (AvgIpc) is 3.79. The van der Waals surface area contributed by atoms with E-state index in [0.29, 0.717) is 12.6 Å². The summed E-state index contributed by atoms with van der Waals surface area (Å²) >= 11 is 7.22. The van der Waals surface area contributed by atoms with E-state index in [1.807, 2.05) is 19.9 Å². The molecule has 1 unspecified atom stereocenters.